The Morgan fingerprint density at radius 2 is 1.41 bits per heavy atom. The third kappa shape index (κ3) is 8.47. The minimum absolute atomic E-state index is 0.0812. The number of nitrogens with zero attached hydrogens (tertiary/aromatic N) is 3. The van der Waals surface area contributed by atoms with Crippen LogP contribution in [0.25, 0.3) is 11.1 Å². The zero-order valence-electron chi connectivity index (χ0n) is 33.4. The van der Waals surface area contributed by atoms with Crippen molar-refractivity contribution in [3.63, 3.8) is 0 Å². The first-order chi connectivity index (χ1) is 28.5. The first kappa shape index (κ1) is 38.8. The molecule has 0 spiro atoms. The number of nitrogens with two attached hydrogens (primary N) is 1. The summed E-state index contributed by atoms with van der Waals surface area (Å²) in [5, 5.41) is 8.71. The van der Waals surface area contributed by atoms with Gasteiger partial charge in [0.05, 0.1) is 12.3 Å². The number of benzene rings is 4. The third-order valence-electron chi connectivity index (χ3n) is 11.2. The number of hydrogen-bond donors (Lipinski definition) is 4. The highest BCUT2D eigenvalue weighted by Crippen LogP contribution is 2.34. The number of ether oxygens (including phenoxy) is 1. The summed E-state index contributed by atoms with van der Waals surface area (Å²) in [6, 6.07) is 30.3. The molecule has 0 saturated carbocycles. The van der Waals surface area contributed by atoms with E-state index in [1.54, 1.807) is 64.8 Å². The predicted octanol–water partition coefficient (Wildman–Crippen LogP) is 7.74. The maximum atomic E-state index is 13.7. The summed E-state index contributed by atoms with van der Waals surface area (Å²) in [5.41, 5.74) is 15.9. The molecule has 0 bridgehead atoms. The van der Waals surface area contributed by atoms with Crippen LogP contribution in [0.1, 0.15) is 72.9 Å². The van der Waals surface area contributed by atoms with E-state index in [9.17, 15) is 19.2 Å². The second-order valence-corrected chi connectivity index (χ2v) is 15.4. The number of carbonyl (C=O) groups excluding carboxylic acids is 4. The van der Waals surface area contributed by atoms with Gasteiger partial charge in [-0.2, -0.15) is 0 Å². The van der Waals surface area contributed by atoms with Gasteiger partial charge < -0.3 is 40.5 Å². The van der Waals surface area contributed by atoms with Crippen molar-refractivity contribution in [2.24, 2.45) is 14.1 Å². The van der Waals surface area contributed by atoms with Crippen molar-refractivity contribution in [1.82, 2.24) is 14.0 Å². The van der Waals surface area contributed by atoms with Crippen LogP contribution < -0.4 is 26.4 Å². The molecule has 2 aromatic heterocycles. The van der Waals surface area contributed by atoms with E-state index in [0.29, 0.717) is 53.7 Å². The first-order valence-corrected chi connectivity index (χ1v) is 19.8. The number of fused-ring (bicyclic) bond motifs is 3. The second kappa shape index (κ2) is 16.4. The summed E-state index contributed by atoms with van der Waals surface area (Å²) in [6.45, 7) is 2.94. The van der Waals surface area contributed by atoms with Gasteiger partial charge in [-0.05, 0) is 121 Å². The summed E-state index contributed by atoms with van der Waals surface area (Å²) in [7, 11) is 3.56. The van der Waals surface area contributed by atoms with E-state index in [-0.39, 0.29) is 36.1 Å². The van der Waals surface area contributed by atoms with Gasteiger partial charge in [0.2, 0.25) is 5.91 Å². The predicted molar refractivity (Wildman–Crippen MR) is 230 cm³/mol. The average Bonchev–Trinajstić information content (AvgIpc) is 3.77. The monoisotopic (exact) mass is 789 g/mol. The van der Waals surface area contributed by atoms with Crippen LogP contribution in [-0.2, 0) is 38.3 Å². The number of rotatable bonds is 11. The molecule has 4 amide bonds. The summed E-state index contributed by atoms with van der Waals surface area (Å²) in [6.07, 6.45) is 6.89. The molecule has 2 aliphatic rings. The van der Waals surface area contributed by atoms with Gasteiger partial charge in [0.15, 0.2) is 0 Å². The highest BCUT2D eigenvalue weighted by atomic mass is 16.5. The Balaban J connectivity index is 0.811. The standard InChI is InChI=1S/C47H47N7O5/c1-29-21-40-32(12-19-39-22-31-7-4-5-8-33(31)27-54(39)47(40)58)24-43(29)59-20-6-9-44(55)49-38-25-42(53(3)28-38)46(57)50-36-15-10-30(11-16-36)34-23-41(52(2)26-34)45(56)51-37-17-13-35(48)14-18-37/h4-5,7-8,10-11,13-18,21,23-26,28,39H,6,9,12,19-20,22,27,48H2,1-3H3,(H,49,55)(H,50,57)(H,51,56)/t39-/m1/s1. The number of anilines is 4. The van der Waals surface area contributed by atoms with E-state index < -0.39 is 0 Å². The Bertz CT molecular complexity index is 2570. The Morgan fingerprint density at radius 1 is 0.746 bits per heavy atom. The van der Waals surface area contributed by atoms with Crippen LogP contribution in [0.2, 0.25) is 0 Å². The smallest absolute Gasteiger partial charge is 0.272 e. The maximum Gasteiger partial charge on any atom is 0.272 e. The van der Waals surface area contributed by atoms with Crippen molar-refractivity contribution in [1.29, 1.82) is 0 Å². The number of hydrogen-bond acceptors (Lipinski definition) is 6. The fourth-order valence-electron chi connectivity index (χ4n) is 8.00. The lowest BCUT2D eigenvalue weighted by atomic mass is 9.92. The third-order valence-corrected chi connectivity index (χ3v) is 11.2. The van der Waals surface area contributed by atoms with Gasteiger partial charge in [0.25, 0.3) is 17.7 Å². The summed E-state index contributed by atoms with van der Waals surface area (Å²) >= 11 is 0. The Labute approximate surface area is 343 Å². The highest BCUT2D eigenvalue weighted by molar-refractivity contribution is 6.05. The molecule has 8 rings (SSSR count). The van der Waals surface area contributed by atoms with Gasteiger partial charge in [-0.25, -0.2) is 0 Å². The Kier molecular flexibility index (Phi) is 10.8. The highest BCUT2D eigenvalue weighted by Gasteiger charge is 2.34. The normalized spacial score (nSPS) is 14.4. The minimum Gasteiger partial charge on any atom is -0.493 e. The topological polar surface area (TPSA) is 153 Å². The van der Waals surface area contributed by atoms with Gasteiger partial charge in [0.1, 0.15) is 17.1 Å². The molecule has 1 atom stereocenters. The van der Waals surface area contributed by atoms with Gasteiger partial charge >= 0.3 is 0 Å². The van der Waals surface area contributed by atoms with E-state index in [4.69, 9.17) is 10.5 Å². The van der Waals surface area contributed by atoms with E-state index in [2.05, 4.69) is 34.1 Å². The van der Waals surface area contributed by atoms with Crippen LogP contribution in [0.15, 0.2) is 109 Å². The van der Waals surface area contributed by atoms with Crippen molar-refractivity contribution < 1.29 is 23.9 Å². The molecule has 12 nitrogen and oxygen atoms in total. The Hall–Kier alpha value is -7.08. The maximum absolute atomic E-state index is 13.7. The molecule has 2 aliphatic heterocycles. The lowest BCUT2D eigenvalue weighted by Crippen LogP contribution is -2.43. The zero-order valence-corrected chi connectivity index (χ0v) is 33.4. The van der Waals surface area contributed by atoms with Crippen molar-refractivity contribution in [2.75, 3.05) is 28.3 Å². The van der Waals surface area contributed by atoms with Crippen LogP contribution in [0.5, 0.6) is 5.75 Å². The number of aryl methyl sites for hydroxylation is 4. The van der Waals surface area contributed by atoms with Crippen LogP contribution in [-0.4, -0.2) is 50.3 Å². The lowest BCUT2D eigenvalue weighted by molar-refractivity contribution is -0.116. The largest absolute Gasteiger partial charge is 0.493 e. The number of amides is 4. The van der Waals surface area contributed by atoms with Crippen LogP contribution >= 0.6 is 0 Å². The molecule has 0 saturated heterocycles. The first-order valence-electron chi connectivity index (χ1n) is 19.8. The van der Waals surface area contributed by atoms with Crippen LogP contribution in [0.3, 0.4) is 0 Å². The molecule has 4 aromatic carbocycles. The molecule has 0 radical (unpaired) electrons. The number of nitrogens with one attached hydrogen (secondary N) is 3. The summed E-state index contributed by atoms with van der Waals surface area (Å²) in [4.78, 5) is 54.8. The molecule has 0 fully saturated rings. The molecule has 4 heterocycles. The van der Waals surface area contributed by atoms with Gasteiger partial charge in [-0.3, -0.25) is 19.2 Å². The van der Waals surface area contributed by atoms with Gasteiger partial charge in [-0.1, -0.05) is 36.4 Å². The molecule has 300 valence electrons. The molecule has 5 N–H and O–H groups in total. The fraction of sp³-hybridized carbons (Fsp3) is 0.234. The SMILES string of the molecule is Cc1cc2c(cc1OCCCC(=O)Nc1cc(C(=O)Nc3ccc(-c4cc(C(=O)Nc5ccc(N)cc5)n(C)c4)cc3)n(C)c1)CC[C@@H]1Cc3ccccc3CN1C2=O. The number of nitrogen functional groups attached to an aromatic ring is 1. The summed E-state index contributed by atoms with van der Waals surface area (Å²) < 4.78 is 9.58. The molecule has 12 heteroatoms. The molecular weight excluding hydrogens is 743 g/mol. The Morgan fingerprint density at radius 3 is 2.14 bits per heavy atom. The molecule has 59 heavy (non-hydrogen) atoms. The molecule has 0 aliphatic carbocycles. The van der Waals surface area contributed by atoms with Crippen LogP contribution in [0.4, 0.5) is 22.7 Å². The van der Waals surface area contributed by atoms with E-state index in [1.165, 1.54) is 11.1 Å². The molecular formula is C47H47N7O5. The van der Waals surface area contributed by atoms with E-state index >= 15 is 0 Å². The van der Waals surface area contributed by atoms with E-state index in [1.807, 2.05) is 61.5 Å². The van der Waals surface area contributed by atoms with Gasteiger partial charge in [0, 0.05) is 73.7 Å². The number of carbonyl (C=O) groups is 4. The van der Waals surface area contributed by atoms with E-state index in [0.717, 1.165) is 52.8 Å². The summed E-state index contributed by atoms with van der Waals surface area (Å²) in [5.74, 6) is 0.0647. The second-order valence-electron chi connectivity index (χ2n) is 15.4. The quantitative estimate of drug-likeness (QED) is 0.0779. The molecule has 6 aromatic rings. The number of aromatic nitrogens is 2. The molecule has 0 unspecified atom stereocenters. The van der Waals surface area contributed by atoms with Crippen molar-refractivity contribution in [3.8, 4) is 16.9 Å². The van der Waals surface area contributed by atoms with Crippen molar-refractivity contribution >= 4 is 46.4 Å². The zero-order chi connectivity index (χ0) is 41.2. The van der Waals surface area contributed by atoms with Crippen molar-refractivity contribution in [3.05, 3.63) is 149 Å². The van der Waals surface area contributed by atoms with Gasteiger partial charge in [-0.15, -0.1) is 0 Å². The average molecular weight is 790 g/mol. The van der Waals surface area contributed by atoms with Crippen LogP contribution in [0, 0.1) is 6.92 Å². The lowest BCUT2D eigenvalue weighted by Gasteiger charge is -2.36. The minimum atomic E-state index is -0.325. The fourth-order valence-corrected chi connectivity index (χ4v) is 8.00. The van der Waals surface area contributed by atoms with Crippen molar-refractivity contribution in [2.45, 2.75) is 51.6 Å².